The third-order valence-corrected chi connectivity index (χ3v) is 5.68. The maximum atomic E-state index is 12.5. The number of piperidine rings is 1. The summed E-state index contributed by atoms with van der Waals surface area (Å²) in [5.41, 5.74) is 0. The summed E-state index contributed by atoms with van der Waals surface area (Å²) in [5.74, 6) is 1.96. The van der Waals surface area contributed by atoms with Gasteiger partial charge in [-0.15, -0.1) is 0 Å². The van der Waals surface area contributed by atoms with Crippen LogP contribution in [-0.4, -0.2) is 61.5 Å². The van der Waals surface area contributed by atoms with Gasteiger partial charge < -0.3 is 10.2 Å². The predicted octanol–water partition coefficient (Wildman–Crippen LogP) is 2.34. The number of amides is 1. The molecule has 1 N–H and O–H groups in total. The van der Waals surface area contributed by atoms with Crippen LogP contribution in [0.15, 0.2) is 0 Å². The third kappa shape index (κ3) is 5.24. The predicted molar refractivity (Wildman–Crippen MR) is 91.9 cm³/mol. The van der Waals surface area contributed by atoms with E-state index in [2.05, 4.69) is 24.1 Å². The van der Waals surface area contributed by atoms with E-state index in [1.54, 1.807) is 0 Å². The summed E-state index contributed by atoms with van der Waals surface area (Å²) >= 11 is 0. The van der Waals surface area contributed by atoms with Gasteiger partial charge in [0.2, 0.25) is 5.91 Å². The first-order valence-electron chi connectivity index (χ1n) is 9.28. The highest BCUT2D eigenvalue weighted by atomic mass is 16.2. The van der Waals surface area contributed by atoms with Crippen LogP contribution in [-0.2, 0) is 4.79 Å². The van der Waals surface area contributed by atoms with Crippen LogP contribution in [0.25, 0.3) is 0 Å². The van der Waals surface area contributed by atoms with Crippen LogP contribution in [0.3, 0.4) is 0 Å². The molecule has 1 saturated carbocycles. The van der Waals surface area contributed by atoms with Crippen molar-refractivity contribution in [1.29, 1.82) is 0 Å². The molecule has 0 aromatic carbocycles. The summed E-state index contributed by atoms with van der Waals surface area (Å²) in [5, 5.41) is 3.44. The average Bonchev–Trinajstić information content (AvgIpc) is 2.54. The van der Waals surface area contributed by atoms with Crippen molar-refractivity contribution in [1.82, 2.24) is 15.1 Å². The summed E-state index contributed by atoms with van der Waals surface area (Å²) in [7, 11) is 2.01. The Hall–Kier alpha value is -0.610. The standard InChI is InChI=1S/C18H35N3O/c1-4-19-13-16-9-11-21(12-10-16)14-18(22)20(3)17-7-5-15(2)6-8-17/h15-17,19H,4-14H2,1-3H3. The molecule has 0 spiro atoms. The van der Waals surface area contributed by atoms with Crippen molar-refractivity contribution in [2.45, 2.75) is 58.4 Å². The molecule has 0 radical (unpaired) electrons. The molecule has 128 valence electrons. The molecule has 1 heterocycles. The maximum Gasteiger partial charge on any atom is 0.236 e. The molecule has 1 aliphatic carbocycles. The summed E-state index contributed by atoms with van der Waals surface area (Å²) in [6.45, 7) is 9.47. The number of carbonyl (C=O) groups is 1. The molecule has 1 aliphatic heterocycles. The molecule has 0 aromatic rings. The van der Waals surface area contributed by atoms with Gasteiger partial charge in [0.05, 0.1) is 6.54 Å². The Morgan fingerprint density at radius 3 is 2.36 bits per heavy atom. The van der Waals surface area contributed by atoms with Crippen molar-refractivity contribution in [2.24, 2.45) is 11.8 Å². The van der Waals surface area contributed by atoms with Crippen LogP contribution < -0.4 is 5.32 Å². The van der Waals surface area contributed by atoms with Gasteiger partial charge in [-0.3, -0.25) is 9.69 Å². The first-order chi connectivity index (χ1) is 10.6. The van der Waals surface area contributed by atoms with Gasteiger partial charge in [0.25, 0.3) is 0 Å². The van der Waals surface area contributed by atoms with E-state index in [-0.39, 0.29) is 0 Å². The average molecular weight is 309 g/mol. The zero-order valence-electron chi connectivity index (χ0n) is 14.8. The van der Waals surface area contributed by atoms with Gasteiger partial charge in [-0.1, -0.05) is 13.8 Å². The molecule has 22 heavy (non-hydrogen) atoms. The normalized spacial score (nSPS) is 27.8. The maximum absolute atomic E-state index is 12.5. The Balaban J connectivity index is 1.69. The molecule has 2 fully saturated rings. The highest BCUT2D eigenvalue weighted by Gasteiger charge is 2.27. The highest BCUT2D eigenvalue weighted by molar-refractivity contribution is 5.78. The molecular formula is C18H35N3O. The van der Waals surface area contributed by atoms with Crippen molar-refractivity contribution in [3.05, 3.63) is 0 Å². The van der Waals surface area contributed by atoms with E-state index in [4.69, 9.17) is 0 Å². The molecule has 4 heteroatoms. The molecule has 0 aromatic heterocycles. The van der Waals surface area contributed by atoms with E-state index in [0.717, 1.165) is 38.0 Å². The Morgan fingerprint density at radius 2 is 1.77 bits per heavy atom. The van der Waals surface area contributed by atoms with Gasteiger partial charge in [-0.25, -0.2) is 0 Å². The van der Waals surface area contributed by atoms with E-state index in [9.17, 15) is 4.79 Å². The van der Waals surface area contributed by atoms with Gasteiger partial charge in [-0.05, 0) is 76.5 Å². The molecule has 1 amide bonds. The van der Waals surface area contributed by atoms with Crippen molar-refractivity contribution < 1.29 is 4.79 Å². The minimum atomic E-state index is 0.324. The largest absolute Gasteiger partial charge is 0.342 e. The van der Waals surface area contributed by atoms with Crippen LogP contribution in [0.5, 0.6) is 0 Å². The van der Waals surface area contributed by atoms with Crippen LogP contribution in [0.4, 0.5) is 0 Å². The first kappa shape index (κ1) is 17.7. The fourth-order valence-electron chi connectivity index (χ4n) is 3.83. The Bertz CT molecular complexity index is 331. The fraction of sp³-hybridized carbons (Fsp3) is 0.944. The number of rotatable bonds is 6. The summed E-state index contributed by atoms with van der Waals surface area (Å²) in [4.78, 5) is 16.9. The van der Waals surface area contributed by atoms with Crippen LogP contribution >= 0.6 is 0 Å². The third-order valence-electron chi connectivity index (χ3n) is 5.68. The molecule has 4 nitrogen and oxygen atoms in total. The molecule has 0 unspecified atom stereocenters. The smallest absolute Gasteiger partial charge is 0.236 e. The second-order valence-electron chi connectivity index (χ2n) is 7.45. The van der Waals surface area contributed by atoms with Gasteiger partial charge in [0, 0.05) is 13.1 Å². The number of hydrogen-bond acceptors (Lipinski definition) is 3. The van der Waals surface area contributed by atoms with Gasteiger partial charge in [0.1, 0.15) is 0 Å². The molecule has 0 bridgehead atoms. The lowest BCUT2D eigenvalue weighted by Gasteiger charge is -2.36. The van der Waals surface area contributed by atoms with Crippen molar-refractivity contribution in [3.63, 3.8) is 0 Å². The summed E-state index contributed by atoms with van der Waals surface area (Å²) < 4.78 is 0. The number of carbonyl (C=O) groups excluding carboxylic acids is 1. The second kappa shape index (κ2) is 8.88. The zero-order valence-corrected chi connectivity index (χ0v) is 14.8. The quantitative estimate of drug-likeness (QED) is 0.818. The number of likely N-dealkylation sites (tertiary alicyclic amines) is 1. The van der Waals surface area contributed by atoms with Crippen molar-refractivity contribution in [3.8, 4) is 0 Å². The molecule has 2 rings (SSSR count). The van der Waals surface area contributed by atoms with Crippen LogP contribution in [0.2, 0.25) is 0 Å². The number of nitrogens with one attached hydrogen (secondary N) is 1. The van der Waals surface area contributed by atoms with Gasteiger partial charge in [0.15, 0.2) is 0 Å². The highest BCUT2D eigenvalue weighted by Crippen LogP contribution is 2.26. The van der Waals surface area contributed by atoms with Gasteiger partial charge in [-0.2, -0.15) is 0 Å². The van der Waals surface area contributed by atoms with E-state index >= 15 is 0 Å². The second-order valence-corrected chi connectivity index (χ2v) is 7.45. The molecule has 1 saturated heterocycles. The number of hydrogen-bond donors (Lipinski definition) is 1. The van der Waals surface area contributed by atoms with E-state index in [1.807, 2.05) is 11.9 Å². The van der Waals surface area contributed by atoms with Crippen LogP contribution in [0.1, 0.15) is 52.4 Å². The monoisotopic (exact) mass is 309 g/mol. The minimum absolute atomic E-state index is 0.324. The van der Waals surface area contributed by atoms with Crippen molar-refractivity contribution in [2.75, 3.05) is 39.8 Å². The lowest BCUT2D eigenvalue weighted by atomic mass is 9.87. The van der Waals surface area contributed by atoms with Crippen molar-refractivity contribution >= 4 is 5.91 Å². The molecule has 0 atom stereocenters. The van der Waals surface area contributed by atoms with E-state index in [0.29, 0.717) is 18.5 Å². The van der Waals surface area contributed by atoms with Crippen LogP contribution in [0, 0.1) is 11.8 Å². The topological polar surface area (TPSA) is 35.6 Å². The SMILES string of the molecule is CCNCC1CCN(CC(=O)N(C)C2CCC(C)CC2)CC1. The number of nitrogens with zero attached hydrogens (tertiary/aromatic N) is 2. The molecule has 2 aliphatic rings. The Labute approximate surface area is 136 Å². The Kier molecular flexibility index (Phi) is 7.16. The lowest BCUT2D eigenvalue weighted by Crippen LogP contribution is -2.47. The summed E-state index contributed by atoms with van der Waals surface area (Å²) in [6, 6.07) is 0.481. The molecular weight excluding hydrogens is 274 g/mol. The Morgan fingerprint density at radius 1 is 1.14 bits per heavy atom. The van der Waals surface area contributed by atoms with E-state index < -0.39 is 0 Å². The zero-order chi connectivity index (χ0) is 15.9. The minimum Gasteiger partial charge on any atom is -0.342 e. The van der Waals surface area contributed by atoms with Gasteiger partial charge >= 0.3 is 0 Å². The lowest BCUT2D eigenvalue weighted by molar-refractivity contribution is -0.134. The number of likely N-dealkylation sites (N-methyl/N-ethyl adjacent to an activating group) is 1. The first-order valence-corrected chi connectivity index (χ1v) is 9.28. The fourth-order valence-corrected chi connectivity index (χ4v) is 3.83. The summed E-state index contributed by atoms with van der Waals surface area (Å²) in [6.07, 6.45) is 7.38. The van der Waals surface area contributed by atoms with E-state index in [1.165, 1.54) is 38.5 Å².